The third kappa shape index (κ3) is 9.61. The molecule has 4 nitrogen and oxygen atoms in total. The first-order valence-electron chi connectivity index (χ1n) is 10.3. The summed E-state index contributed by atoms with van der Waals surface area (Å²) < 4.78 is 224. The van der Waals surface area contributed by atoms with Gasteiger partial charge in [-0.1, -0.05) is 0 Å². The fraction of sp³-hybridized carbons (Fsp3) is 1.00. The maximum Gasteiger partial charge on any atom is 0.475 e. The van der Waals surface area contributed by atoms with Crippen LogP contribution in [0.5, 0.6) is 0 Å². The number of phosphoric acid groups is 1. The average Bonchev–Trinajstić information content (AvgIpc) is 2.70. The van der Waals surface area contributed by atoms with Gasteiger partial charge in [0.2, 0.25) is 0 Å². The topological polar surface area (TPSA) is 44.8 Å². The zero-order chi connectivity index (χ0) is 30.6. The van der Waals surface area contributed by atoms with Crippen LogP contribution in [0.2, 0.25) is 0 Å². The van der Waals surface area contributed by atoms with Crippen molar-refractivity contribution in [2.45, 2.75) is 93.9 Å². The molecule has 0 radical (unpaired) electrons. The molecule has 0 aromatic heterocycles. The first-order valence-corrected chi connectivity index (χ1v) is 11.8. The van der Waals surface area contributed by atoms with Crippen molar-refractivity contribution in [2.75, 3.05) is 20.0 Å². The van der Waals surface area contributed by atoms with Crippen LogP contribution in [0.25, 0.3) is 0 Å². The Balaban J connectivity index is 6.00. The van der Waals surface area contributed by atoms with Gasteiger partial charge in [0, 0.05) is 19.3 Å². The van der Waals surface area contributed by atoms with Crippen LogP contribution in [0.4, 0.5) is 65.9 Å². The maximum atomic E-state index is 13.7. The van der Waals surface area contributed by atoms with Crippen LogP contribution in [0.3, 0.4) is 0 Å². The summed E-state index contributed by atoms with van der Waals surface area (Å²) in [5, 5.41) is 0. The Labute approximate surface area is 206 Å². The minimum absolute atomic E-state index is 0.439. The van der Waals surface area contributed by atoms with E-state index in [1.807, 2.05) is 0 Å². The molecule has 38 heavy (non-hydrogen) atoms. The van der Waals surface area contributed by atoms with E-state index in [2.05, 4.69) is 13.6 Å². The fourth-order valence-electron chi connectivity index (χ4n) is 2.67. The second-order valence-corrected chi connectivity index (χ2v) is 9.96. The molecular formula is C18H24F15O4P. The smallest absolute Gasteiger partial charge is 0.284 e. The number of hydrogen-bond donors (Lipinski definition) is 0. The maximum absolute atomic E-state index is 13.7. The molecule has 0 aliphatic heterocycles. The molecule has 3 atom stereocenters. The molecular weight excluding hydrogens is 596 g/mol. The molecule has 0 N–H and O–H groups in total. The lowest BCUT2D eigenvalue weighted by atomic mass is 10.1. The molecule has 0 fully saturated rings. The van der Waals surface area contributed by atoms with Gasteiger partial charge in [-0.15, -0.1) is 0 Å². The molecule has 230 valence electrons. The Hall–Kier alpha value is -0.940. The van der Waals surface area contributed by atoms with Crippen molar-refractivity contribution in [3.05, 3.63) is 0 Å². The van der Waals surface area contributed by atoms with Crippen LogP contribution in [-0.2, 0) is 18.1 Å². The molecule has 0 aromatic carbocycles. The first kappa shape index (κ1) is 37.1. The highest BCUT2D eigenvalue weighted by Gasteiger charge is 2.60. The molecule has 0 rings (SSSR count). The molecule has 0 heterocycles. The van der Waals surface area contributed by atoms with Crippen LogP contribution in [0.15, 0.2) is 0 Å². The second-order valence-electron chi connectivity index (χ2n) is 8.44. The molecule has 0 bridgehead atoms. The van der Waals surface area contributed by atoms with E-state index in [0.717, 1.165) is 0 Å². The molecule has 3 unspecified atom stereocenters. The normalized spacial score (nSPS) is 18.7. The van der Waals surface area contributed by atoms with Crippen LogP contribution < -0.4 is 0 Å². The standard InChI is InChI=1S/C18H24F15O4P/c1-10(4-13(22,23)16(28,29)7-19)35-38(34,36-11(2)5-14(24,25)17(30,31)8-20)37-12(3)6-15(26,27)18(32,33)9-21/h10-12H,4-9H2,1-3H3. The summed E-state index contributed by atoms with van der Waals surface area (Å²) in [7, 11) is -5.84. The molecule has 0 aromatic rings. The van der Waals surface area contributed by atoms with Crippen molar-refractivity contribution in [1.82, 2.24) is 0 Å². The average molecular weight is 620 g/mol. The van der Waals surface area contributed by atoms with Gasteiger partial charge in [-0.3, -0.25) is 13.6 Å². The summed E-state index contributed by atoms with van der Waals surface area (Å²) in [6, 6.07) is 0. The van der Waals surface area contributed by atoms with Gasteiger partial charge in [0.1, 0.15) is 0 Å². The van der Waals surface area contributed by atoms with Crippen LogP contribution in [0, 0.1) is 0 Å². The third-order valence-corrected chi connectivity index (χ3v) is 6.52. The van der Waals surface area contributed by atoms with Crippen molar-refractivity contribution in [1.29, 1.82) is 0 Å². The van der Waals surface area contributed by atoms with Crippen LogP contribution >= 0.6 is 7.82 Å². The summed E-state index contributed by atoms with van der Waals surface area (Å²) in [6.07, 6.45) is -13.9. The Bertz CT molecular complexity index is 696. The van der Waals surface area contributed by atoms with Crippen molar-refractivity contribution >= 4 is 7.82 Å². The monoisotopic (exact) mass is 620 g/mol. The predicted molar refractivity (Wildman–Crippen MR) is 101 cm³/mol. The van der Waals surface area contributed by atoms with Gasteiger partial charge < -0.3 is 0 Å². The van der Waals surface area contributed by atoms with Gasteiger partial charge in [0.05, 0.1) is 18.3 Å². The van der Waals surface area contributed by atoms with Gasteiger partial charge in [0.25, 0.3) is 0 Å². The third-order valence-electron chi connectivity index (χ3n) is 4.67. The van der Waals surface area contributed by atoms with E-state index in [1.54, 1.807) is 0 Å². The summed E-state index contributed by atoms with van der Waals surface area (Å²) in [5.74, 6) is -31.6. The van der Waals surface area contributed by atoms with Crippen molar-refractivity contribution in [2.24, 2.45) is 0 Å². The number of rotatable bonds is 18. The van der Waals surface area contributed by atoms with E-state index < -0.39 is 101 Å². The van der Waals surface area contributed by atoms with E-state index >= 15 is 0 Å². The summed E-state index contributed by atoms with van der Waals surface area (Å²) in [4.78, 5) is 0. The summed E-state index contributed by atoms with van der Waals surface area (Å²) >= 11 is 0. The van der Waals surface area contributed by atoms with Crippen molar-refractivity contribution in [3.8, 4) is 0 Å². The largest absolute Gasteiger partial charge is 0.475 e. The Morgan fingerprint density at radius 2 is 0.658 bits per heavy atom. The summed E-state index contributed by atoms with van der Waals surface area (Å²) in [6.45, 7) is -7.35. The van der Waals surface area contributed by atoms with E-state index in [4.69, 9.17) is 0 Å². The van der Waals surface area contributed by atoms with Gasteiger partial charge in [-0.2, -0.15) is 52.7 Å². The Morgan fingerprint density at radius 3 is 0.816 bits per heavy atom. The van der Waals surface area contributed by atoms with E-state index in [-0.39, 0.29) is 0 Å². The molecule has 0 spiro atoms. The van der Waals surface area contributed by atoms with Crippen molar-refractivity contribution in [3.63, 3.8) is 0 Å². The van der Waals surface area contributed by atoms with Gasteiger partial charge >= 0.3 is 43.4 Å². The fourth-order valence-corrected chi connectivity index (χ4v) is 4.37. The SMILES string of the molecule is CC(CC(F)(F)C(F)(F)CF)OP(=O)(OC(C)CC(F)(F)C(F)(F)CF)OC(C)CC(F)(F)C(F)(F)CF. The van der Waals surface area contributed by atoms with Gasteiger partial charge in [-0.05, 0) is 20.8 Å². The van der Waals surface area contributed by atoms with Gasteiger partial charge in [-0.25, -0.2) is 17.7 Å². The lowest BCUT2D eigenvalue weighted by Gasteiger charge is -2.32. The highest BCUT2D eigenvalue weighted by atomic mass is 31.2. The van der Waals surface area contributed by atoms with E-state index in [9.17, 15) is 70.4 Å². The lowest BCUT2D eigenvalue weighted by molar-refractivity contribution is -0.230. The summed E-state index contributed by atoms with van der Waals surface area (Å²) in [5.41, 5.74) is 0. The molecule has 20 heteroatoms. The highest BCUT2D eigenvalue weighted by Crippen LogP contribution is 2.56. The number of halogens is 15. The zero-order valence-electron chi connectivity index (χ0n) is 19.7. The quantitative estimate of drug-likeness (QED) is 0.115. The predicted octanol–water partition coefficient (Wildman–Crippen LogP) is 8.20. The zero-order valence-corrected chi connectivity index (χ0v) is 20.6. The molecule has 0 aliphatic rings. The minimum Gasteiger partial charge on any atom is -0.284 e. The molecule has 0 amide bonds. The molecule has 0 saturated heterocycles. The highest BCUT2D eigenvalue weighted by molar-refractivity contribution is 7.48. The van der Waals surface area contributed by atoms with E-state index in [1.165, 1.54) is 0 Å². The first-order chi connectivity index (χ1) is 16.7. The number of hydrogen-bond acceptors (Lipinski definition) is 4. The van der Waals surface area contributed by atoms with Crippen molar-refractivity contribution < 1.29 is 84.0 Å². The molecule has 0 saturated carbocycles. The lowest BCUT2D eigenvalue weighted by Crippen LogP contribution is -2.45. The van der Waals surface area contributed by atoms with E-state index in [0.29, 0.717) is 20.8 Å². The minimum atomic E-state index is -5.84. The number of alkyl halides is 15. The van der Waals surface area contributed by atoms with Crippen LogP contribution in [0.1, 0.15) is 40.0 Å². The Kier molecular flexibility index (Phi) is 12.4. The number of phosphoric ester groups is 1. The van der Waals surface area contributed by atoms with Gasteiger partial charge in [0.15, 0.2) is 20.0 Å². The van der Waals surface area contributed by atoms with Crippen LogP contribution in [-0.4, -0.2) is 73.9 Å². The Morgan fingerprint density at radius 1 is 0.474 bits per heavy atom. The second kappa shape index (κ2) is 12.7. The molecule has 0 aliphatic carbocycles.